The number of nitrogens with one attached hydrogen (secondary N) is 1. The second kappa shape index (κ2) is 7.46. The summed E-state index contributed by atoms with van der Waals surface area (Å²) in [6, 6.07) is 7.48. The fraction of sp³-hybridized carbons (Fsp3) is 0.600. The van der Waals surface area contributed by atoms with Crippen LogP contribution in [0.4, 0.5) is 0 Å². The number of hydrogen-bond acceptors (Lipinski definition) is 3. The third-order valence-corrected chi connectivity index (χ3v) is 5.69. The summed E-state index contributed by atoms with van der Waals surface area (Å²) in [7, 11) is 0. The summed E-state index contributed by atoms with van der Waals surface area (Å²) in [4.78, 5) is 23.9. The van der Waals surface area contributed by atoms with Gasteiger partial charge in [0.05, 0.1) is 12.5 Å². The number of benzene rings is 1. The van der Waals surface area contributed by atoms with Crippen LogP contribution in [0.15, 0.2) is 24.3 Å². The van der Waals surface area contributed by atoms with Gasteiger partial charge in [0.15, 0.2) is 0 Å². The second-order valence-corrected chi connectivity index (χ2v) is 7.39. The first-order valence-electron chi connectivity index (χ1n) is 9.26. The molecule has 0 saturated heterocycles. The molecule has 0 radical (unpaired) electrons. The lowest BCUT2D eigenvalue weighted by Crippen LogP contribution is -2.35. The first kappa shape index (κ1) is 17.8. The average Bonchev–Trinajstić information content (AvgIpc) is 3.09. The van der Waals surface area contributed by atoms with Gasteiger partial charge in [-0.1, -0.05) is 25.0 Å². The van der Waals surface area contributed by atoms with E-state index in [1.807, 2.05) is 31.2 Å². The maximum Gasteiger partial charge on any atom is 0.308 e. The van der Waals surface area contributed by atoms with Crippen LogP contribution in [-0.4, -0.2) is 30.1 Å². The molecule has 2 N–H and O–H groups in total. The molecule has 2 unspecified atom stereocenters. The Morgan fingerprint density at radius 3 is 2.56 bits per heavy atom. The van der Waals surface area contributed by atoms with Crippen molar-refractivity contribution in [3.63, 3.8) is 0 Å². The van der Waals surface area contributed by atoms with E-state index in [-0.39, 0.29) is 23.8 Å². The second-order valence-electron chi connectivity index (χ2n) is 7.39. The number of amides is 1. The Morgan fingerprint density at radius 1 is 1.28 bits per heavy atom. The van der Waals surface area contributed by atoms with Gasteiger partial charge in [0.2, 0.25) is 5.91 Å². The lowest BCUT2D eigenvalue weighted by molar-refractivity contribution is -0.141. The Morgan fingerprint density at radius 2 is 1.96 bits per heavy atom. The van der Waals surface area contributed by atoms with Crippen LogP contribution in [0, 0.1) is 17.3 Å². The molecule has 2 aliphatic rings. The molecule has 0 bridgehead atoms. The van der Waals surface area contributed by atoms with Gasteiger partial charge < -0.3 is 15.2 Å². The first-order chi connectivity index (χ1) is 12.0. The van der Waals surface area contributed by atoms with E-state index in [9.17, 15) is 14.7 Å². The molecule has 136 valence electrons. The van der Waals surface area contributed by atoms with E-state index in [4.69, 9.17) is 4.74 Å². The predicted molar refractivity (Wildman–Crippen MR) is 94.5 cm³/mol. The van der Waals surface area contributed by atoms with Crippen molar-refractivity contribution in [2.75, 3.05) is 13.2 Å². The van der Waals surface area contributed by atoms with Crippen LogP contribution in [0.2, 0.25) is 0 Å². The molecule has 0 aliphatic heterocycles. The molecule has 1 amide bonds. The van der Waals surface area contributed by atoms with Crippen molar-refractivity contribution < 1.29 is 19.4 Å². The van der Waals surface area contributed by atoms with Gasteiger partial charge in [-0.05, 0) is 55.7 Å². The third kappa shape index (κ3) is 4.14. The molecular formula is C20H27NO4. The zero-order valence-electron chi connectivity index (χ0n) is 14.8. The Hall–Kier alpha value is -2.04. The van der Waals surface area contributed by atoms with E-state index in [1.165, 1.54) is 12.8 Å². The molecule has 0 aromatic heterocycles. The largest absolute Gasteiger partial charge is 0.494 e. The maximum atomic E-state index is 12.3. The number of hydrogen-bond donors (Lipinski definition) is 2. The number of carboxylic acid groups (broad SMARTS) is 1. The topological polar surface area (TPSA) is 75.6 Å². The smallest absolute Gasteiger partial charge is 0.308 e. The Labute approximate surface area is 148 Å². The fourth-order valence-corrected chi connectivity index (χ4v) is 4.12. The SMILES string of the molecule is CCOc1ccc(CC(CNC(=O)C2CC23CCCC3)C(=O)O)cc1. The van der Waals surface area contributed by atoms with E-state index < -0.39 is 11.9 Å². The Bertz CT molecular complexity index is 619. The third-order valence-electron chi connectivity index (χ3n) is 5.69. The van der Waals surface area contributed by atoms with E-state index >= 15 is 0 Å². The highest BCUT2D eigenvalue weighted by atomic mass is 16.5. The number of carbonyl (C=O) groups is 2. The monoisotopic (exact) mass is 345 g/mol. The molecule has 5 nitrogen and oxygen atoms in total. The number of aliphatic carboxylic acids is 1. The number of carboxylic acids is 1. The molecule has 1 aromatic rings. The zero-order chi connectivity index (χ0) is 17.9. The van der Waals surface area contributed by atoms with Crippen LogP contribution >= 0.6 is 0 Å². The van der Waals surface area contributed by atoms with Crippen LogP contribution in [0.5, 0.6) is 5.75 Å². The summed E-state index contributed by atoms with van der Waals surface area (Å²) >= 11 is 0. The van der Waals surface area contributed by atoms with Gasteiger partial charge in [-0.25, -0.2) is 0 Å². The Kier molecular flexibility index (Phi) is 5.30. The molecule has 2 saturated carbocycles. The molecule has 2 fully saturated rings. The highest BCUT2D eigenvalue weighted by molar-refractivity contribution is 5.83. The minimum absolute atomic E-state index is 0.0415. The van der Waals surface area contributed by atoms with Crippen LogP contribution in [0.3, 0.4) is 0 Å². The standard InChI is InChI=1S/C20H27NO4/c1-2-25-16-7-5-14(6-8-16)11-15(19(23)24)13-21-18(22)17-12-20(17)9-3-4-10-20/h5-8,15,17H,2-4,9-13H2,1H3,(H,21,22)(H,23,24). The van der Waals surface area contributed by atoms with Crippen molar-refractivity contribution >= 4 is 11.9 Å². The summed E-state index contributed by atoms with van der Waals surface area (Å²) < 4.78 is 5.40. The molecule has 5 heteroatoms. The van der Waals surface area contributed by atoms with Gasteiger partial charge in [0.25, 0.3) is 0 Å². The number of ether oxygens (including phenoxy) is 1. The highest BCUT2D eigenvalue weighted by Gasteiger charge is 2.58. The van der Waals surface area contributed by atoms with Gasteiger partial charge >= 0.3 is 5.97 Å². The highest BCUT2D eigenvalue weighted by Crippen LogP contribution is 2.62. The number of carbonyl (C=O) groups excluding carboxylic acids is 1. The van der Waals surface area contributed by atoms with Gasteiger partial charge in [-0.3, -0.25) is 9.59 Å². The van der Waals surface area contributed by atoms with Crippen molar-refractivity contribution in [1.29, 1.82) is 0 Å². The van der Waals surface area contributed by atoms with Gasteiger partial charge in [0, 0.05) is 12.5 Å². The lowest BCUT2D eigenvalue weighted by Gasteiger charge is -2.15. The van der Waals surface area contributed by atoms with Crippen molar-refractivity contribution in [2.45, 2.75) is 45.4 Å². The average molecular weight is 345 g/mol. The fourth-order valence-electron chi connectivity index (χ4n) is 4.12. The molecule has 0 heterocycles. The van der Waals surface area contributed by atoms with Crippen molar-refractivity contribution in [2.24, 2.45) is 17.3 Å². The molecule has 3 rings (SSSR count). The maximum absolute atomic E-state index is 12.3. The van der Waals surface area contributed by atoms with Gasteiger partial charge in [0.1, 0.15) is 5.75 Å². The number of rotatable bonds is 8. The summed E-state index contributed by atoms with van der Waals surface area (Å²) in [6.45, 7) is 2.71. The van der Waals surface area contributed by atoms with E-state index in [2.05, 4.69) is 5.32 Å². The van der Waals surface area contributed by atoms with Gasteiger partial charge in [-0.15, -0.1) is 0 Å². The van der Waals surface area contributed by atoms with E-state index in [0.29, 0.717) is 13.0 Å². The van der Waals surface area contributed by atoms with Crippen LogP contribution in [0.25, 0.3) is 0 Å². The van der Waals surface area contributed by atoms with Crippen LogP contribution < -0.4 is 10.1 Å². The normalized spacial score (nSPS) is 21.7. The molecule has 25 heavy (non-hydrogen) atoms. The van der Waals surface area contributed by atoms with Crippen LogP contribution in [-0.2, 0) is 16.0 Å². The van der Waals surface area contributed by atoms with Crippen molar-refractivity contribution in [3.8, 4) is 5.75 Å². The first-order valence-corrected chi connectivity index (χ1v) is 9.26. The van der Waals surface area contributed by atoms with E-state index in [1.54, 1.807) is 0 Å². The zero-order valence-corrected chi connectivity index (χ0v) is 14.8. The predicted octanol–water partition coefficient (Wildman–Crippen LogP) is 3.03. The minimum Gasteiger partial charge on any atom is -0.494 e. The van der Waals surface area contributed by atoms with Crippen LogP contribution in [0.1, 0.15) is 44.6 Å². The molecule has 2 aliphatic carbocycles. The Balaban J connectivity index is 1.51. The minimum atomic E-state index is -0.874. The summed E-state index contributed by atoms with van der Waals surface area (Å²) in [6.07, 6.45) is 6.13. The molecular weight excluding hydrogens is 318 g/mol. The quantitative estimate of drug-likeness (QED) is 0.759. The van der Waals surface area contributed by atoms with Crippen molar-refractivity contribution in [3.05, 3.63) is 29.8 Å². The molecule has 2 atom stereocenters. The lowest BCUT2D eigenvalue weighted by atomic mass is 9.98. The van der Waals surface area contributed by atoms with Crippen molar-refractivity contribution in [1.82, 2.24) is 5.32 Å². The van der Waals surface area contributed by atoms with Gasteiger partial charge in [-0.2, -0.15) is 0 Å². The molecule has 1 aromatic carbocycles. The summed E-state index contributed by atoms with van der Waals surface area (Å²) in [5.74, 6) is -0.558. The van der Waals surface area contributed by atoms with E-state index in [0.717, 1.165) is 30.6 Å². The summed E-state index contributed by atoms with van der Waals surface area (Å²) in [5.41, 5.74) is 1.18. The summed E-state index contributed by atoms with van der Waals surface area (Å²) in [5, 5.41) is 12.4. The molecule has 1 spiro atoms.